The standard InChI is InChI=1S/C15H16F2N2S/c1-10(2)18-8-11-3-6-15(19-9-11)20-14-7-12(16)4-5-13(14)17/h3-7,9-10,18H,8H2,1-2H3. The first-order valence-corrected chi connectivity index (χ1v) is 7.17. The van der Waals surface area contributed by atoms with Crippen LogP contribution in [0.15, 0.2) is 46.5 Å². The van der Waals surface area contributed by atoms with Crippen LogP contribution in [0, 0.1) is 11.6 Å². The maximum Gasteiger partial charge on any atom is 0.137 e. The van der Waals surface area contributed by atoms with Gasteiger partial charge in [0.2, 0.25) is 0 Å². The lowest BCUT2D eigenvalue weighted by Crippen LogP contribution is -2.21. The Hall–Kier alpha value is -1.46. The Morgan fingerprint density at radius 2 is 2.00 bits per heavy atom. The van der Waals surface area contributed by atoms with Crippen molar-refractivity contribution in [3.8, 4) is 0 Å². The van der Waals surface area contributed by atoms with E-state index in [2.05, 4.69) is 24.1 Å². The van der Waals surface area contributed by atoms with E-state index >= 15 is 0 Å². The van der Waals surface area contributed by atoms with Gasteiger partial charge in [0.05, 0.1) is 4.90 Å². The minimum absolute atomic E-state index is 0.241. The van der Waals surface area contributed by atoms with Crippen LogP contribution in [0.4, 0.5) is 8.78 Å². The zero-order valence-electron chi connectivity index (χ0n) is 11.4. The molecule has 2 aromatic rings. The van der Waals surface area contributed by atoms with Crippen molar-refractivity contribution in [3.05, 3.63) is 53.7 Å². The van der Waals surface area contributed by atoms with Crippen LogP contribution < -0.4 is 5.32 Å². The minimum atomic E-state index is -0.452. The summed E-state index contributed by atoms with van der Waals surface area (Å²) in [5.41, 5.74) is 1.06. The summed E-state index contributed by atoms with van der Waals surface area (Å²) in [7, 11) is 0. The monoisotopic (exact) mass is 294 g/mol. The van der Waals surface area contributed by atoms with E-state index in [4.69, 9.17) is 0 Å². The second-order valence-electron chi connectivity index (χ2n) is 4.72. The molecule has 106 valence electrons. The Morgan fingerprint density at radius 3 is 2.65 bits per heavy atom. The number of pyridine rings is 1. The van der Waals surface area contributed by atoms with E-state index < -0.39 is 11.6 Å². The molecule has 1 N–H and O–H groups in total. The molecule has 0 aliphatic carbocycles. The number of aromatic nitrogens is 1. The number of hydrogen-bond acceptors (Lipinski definition) is 3. The summed E-state index contributed by atoms with van der Waals surface area (Å²) >= 11 is 1.11. The van der Waals surface area contributed by atoms with Crippen LogP contribution in [-0.4, -0.2) is 11.0 Å². The SMILES string of the molecule is CC(C)NCc1ccc(Sc2cc(F)ccc2F)nc1. The van der Waals surface area contributed by atoms with Crippen molar-refractivity contribution in [1.29, 1.82) is 0 Å². The lowest BCUT2D eigenvalue weighted by molar-refractivity contribution is 0.577. The van der Waals surface area contributed by atoms with E-state index in [1.165, 1.54) is 6.07 Å². The number of nitrogens with one attached hydrogen (secondary N) is 1. The zero-order valence-corrected chi connectivity index (χ0v) is 12.2. The van der Waals surface area contributed by atoms with Crippen molar-refractivity contribution in [1.82, 2.24) is 10.3 Å². The van der Waals surface area contributed by atoms with Gasteiger partial charge < -0.3 is 5.32 Å². The molecular weight excluding hydrogens is 278 g/mol. The first-order chi connectivity index (χ1) is 9.54. The highest BCUT2D eigenvalue weighted by Crippen LogP contribution is 2.28. The molecule has 20 heavy (non-hydrogen) atoms. The third-order valence-electron chi connectivity index (χ3n) is 2.62. The fourth-order valence-corrected chi connectivity index (χ4v) is 2.37. The van der Waals surface area contributed by atoms with Gasteiger partial charge >= 0.3 is 0 Å². The highest BCUT2D eigenvalue weighted by atomic mass is 32.2. The van der Waals surface area contributed by atoms with E-state index in [1.807, 2.05) is 12.1 Å². The van der Waals surface area contributed by atoms with Crippen LogP contribution in [0.3, 0.4) is 0 Å². The number of hydrogen-bond donors (Lipinski definition) is 1. The van der Waals surface area contributed by atoms with Crippen molar-refractivity contribution in [2.24, 2.45) is 0 Å². The molecule has 0 fully saturated rings. The molecular formula is C15H16F2N2S. The Balaban J connectivity index is 2.05. The van der Waals surface area contributed by atoms with Crippen molar-refractivity contribution in [2.45, 2.75) is 36.4 Å². The molecule has 0 aliphatic rings. The van der Waals surface area contributed by atoms with Gasteiger partial charge in [-0.3, -0.25) is 0 Å². The average molecular weight is 294 g/mol. The number of halogens is 2. The van der Waals surface area contributed by atoms with Crippen LogP contribution in [0.5, 0.6) is 0 Å². The van der Waals surface area contributed by atoms with Crippen molar-refractivity contribution in [3.63, 3.8) is 0 Å². The second kappa shape index (κ2) is 6.81. The van der Waals surface area contributed by atoms with Gasteiger partial charge in [-0.1, -0.05) is 31.7 Å². The van der Waals surface area contributed by atoms with E-state index in [1.54, 1.807) is 6.20 Å². The highest BCUT2D eigenvalue weighted by molar-refractivity contribution is 7.99. The molecule has 0 unspecified atom stereocenters. The quantitative estimate of drug-likeness (QED) is 0.902. The molecule has 0 radical (unpaired) electrons. The molecule has 0 bridgehead atoms. The van der Waals surface area contributed by atoms with Gasteiger partial charge in [-0.05, 0) is 29.8 Å². The van der Waals surface area contributed by atoms with E-state index in [9.17, 15) is 8.78 Å². The number of nitrogens with zero attached hydrogens (tertiary/aromatic N) is 1. The summed E-state index contributed by atoms with van der Waals surface area (Å²) in [5, 5.41) is 3.93. The van der Waals surface area contributed by atoms with Crippen molar-refractivity contribution < 1.29 is 8.78 Å². The van der Waals surface area contributed by atoms with E-state index in [0.29, 0.717) is 11.1 Å². The Kier molecular flexibility index (Phi) is 5.09. The van der Waals surface area contributed by atoms with Gasteiger partial charge in [0.1, 0.15) is 16.7 Å². The third-order valence-corrected chi connectivity index (χ3v) is 3.60. The summed E-state index contributed by atoms with van der Waals surface area (Å²) in [6, 6.07) is 7.56. The zero-order chi connectivity index (χ0) is 14.5. The van der Waals surface area contributed by atoms with Crippen LogP contribution in [0.25, 0.3) is 0 Å². The third kappa shape index (κ3) is 4.28. The van der Waals surface area contributed by atoms with Gasteiger partial charge in [-0.15, -0.1) is 0 Å². The van der Waals surface area contributed by atoms with Gasteiger partial charge in [-0.25, -0.2) is 13.8 Å². The molecule has 1 heterocycles. The van der Waals surface area contributed by atoms with Crippen LogP contribution in [-0.2, 0) is 6.54 Å². The van der Waals surface area contributed by atoms with Gasteiger partial charge in [0.15, 0.2) is 0 Å². The van der Waals surface area contributed by atoms with Gasteiger partial charge in [0, 0.05) is 18.8 Å². The smallest absolute Gasteiger partial charge is 0.137 e. The van der Waals surface area contributed by atoms with Crippen LogP contribution in [0.2, 0.25) is 0 Å². The Morgan fingerprint density at radius 1 is 1.20 bits per heavy atom. The maximum atomic E-state index is 13.5. The summed E-state index contributed by atoms with van der Waals surface area (Å²) in [6.45, 7) is 4.89. The highest BCUT2D eigenvalue weighted by Gasteiger charge is 2.07. The first-order valence-electron chi connectivity index (χ1n) is 6.36. The summed E-state index contributed by atoms with van der Waals surface area (Å²) in [4.78, 5) is 4.50. The minimum Gasteiger partial charge on any atom is -0.310 e. The Bertz CT molecular complexity index is 571. The summed E-state index contributed by atoms with van der Waals surface area (Å²) in [5.74, 6) is -0.893. The topological polar surface area (TPSA) is 24.9 Å². The fourth-order valence-electron chi connectivity index (χ4n) is 1.57. The second-order valence-corrected chi connectivity index (χ2v) is 5.78. The first kappa shape index (κ1) is 14.9. The lowest BCUT2D eigenvalue weighted by atomic mass is 10.2. The summed E-state index contributed by atoms with van der Waals surface area (Å²) in [6.07, 6.45) is 1.74. The molecule has 2 rings (SSSR count). The Labute approximate surface area is 121 Å². The number of benzene rings is 1. The molecule has 5 heteroatoms. The van der Waals surface area contributed by atoms with E-state index in [0.717, 1.165) is 36.0 Å². The van der Waals surface area contributed by atoms with Gasteiger partial charge in [-0.2, -0.15) is 0 Å². The molecule has 2 nitrogen and oxygen atoms in total. The van der Waals surface area contributed by atoms with Crippen LogP contribution >= 0.6 is 11.8 Å². The average Bonchev–Trinajstić information content (AvgIpc) is 2.42. The van der Waals surface area contributed by atoms with E-state index in [-0.39, 0.29) is 4.90 Å². The molecule has 0 amide bonds. The van der Waals surface area contributed by atoms with Crippen molar-refractivity contribution >= 4 is 11.8 Å². The fraction of sp³-hybridized carbons (Fsp3) is 0.267. The molecule has 1 aromatic heterocycles. The lowest BCUT2D eigenvalue weighted by Gasteiger charge is -2.08. The maximum absolute atomic E-state index is 13.5. The largest absolute Gasteiger partial charge is 0.310 e. The van der Waals surface area contributed by atoms with Gasteiger partial charge in [0.25, 0.3) is 0 Å². The van der Waals surface area contributed by atoms with Crippen LogP contribution in [0.1, 0.15) is 19.4 Å². The molecule has 0 spiro atoms. The predicted octanol–water partition coefficient (Wildman–Crippen LogP) is 4.01. The van der Waals surface area contributed by atoms with Crippen molar-refractivity contribution in [2.75, 3.05) is 0 Å². The molecule has 0 saturated heterocycles. The molecule has 0 saturated carbocycles. The molecule has 0 atom stereocenters. The number of rotatable bonds is 5. The summed E-state index contributed by atoms with van der Waals surface area (Å²) < 4.78 is 26.6. The normalized spacial score (nSPS) is 11.1. The predicted molar refractivity (Wildman–Crippen MR) is 76.7 cm³/mol. The molecule has 0 aliphatic heterocycles. The molecule has 1 aromatic carbocycles.